The highest BCUT2D eigenvalue weighted by Crippen LogP contribution is 2.34. The van der Waals surface area contributed by atoms with Gasteiger partial charge in [-0.25, -0.2) is 0 Å². The lowest BCUT2D eigenvalue weighted by atomic mass is 9.96. The number of fused-ring (bicyclic) bond motifs is 1. The fourth-order valence-electron chi connectivity index (χ4n) is 2.02. The predicted molar refractivity (Wildman–Crippen MR) is 63.1 cm³/mol. The van der Waals surface area contributed by atoms with E-state index in [1.807, 2.05) is 18.2 Å². The van der Waals surface area contributed by atoms with Gasteiger partial charge in [0.25, 0.3) is 0 Å². The largest absolute Gasteiger partial charge is 0.454 e. The lowest BCUT2D eigenvalue weighted by molar-refractivity contribution is -0.00446. The van der Waals surface area contributed by atoms with Gasteiger partial charge in [0.05, 0.1) is 18.8 Å². The highest BCUT2D eigenvalue weighted by molar-refractivity contribution is 5.45. The number of ether oxygens (including phenoxy) is 3. The van der Waals surface area contributed by atoms with E-state index < -0.39 is 0 Å². The molecule has 0 aromatic heterocycles. The van der Waals surface area contributed by atoms with Gasteiger partial charge in [-0.05, 0) is 37.0 Å². The van der Waals surface area contributed by atoms with Crippen molar-refractivity contribution >= 4 is 0 Å². The van der Waals surface area contributed by atoms with Crippen LogP contribution in [0.2, 0.25) is 0 Å². The van der Waals surface area contributed by atoms with E-state index in [2.05, 4.69) is 0 Å². The van der Waals surface area contributed by atoms with Gasteiger partial charge in [0.15, 0.2) is 11.5 Å². The zero-order valence-electron chi connectivity index (χ0n) is 9.72. The molecular weight excluding hydrogens is 218 g/mol. The quantitative estimate of drug-likeness (QED) is 0.867. The SMILES string of the molecule is NC(COC1CCC1)c1ccc2c(c1)OCO2. The Hall–Kier alpha value is -1.26. The minimum absolute atomic E-state index is 0.0925. The molecule has 4 nitrogen and oxygen atoms in total. The van der Waals surface area contributed by atoms with E-state index in [1.165, 1.54) is 19.3 Å². The molecule has 1 saturated carbocycles. The van der Waals surface area contributed by atoms with Crippen molar-refractivity contribution in [1.29, 1.82) is 0 Å². The average molecular weight is 235 g/mol. The topological polar surface area (TPSA) is 53.7 Å². The minimum Gasteiger partial charge on any atom is -0.454 e. The van der Waals surface area contributed by atoms with Crippen LogP contribution in [0.3, 0.4) is 0 Å². The molecule has 17 heavy (non-hydrogen) atoms. The molecule has 1 aromatic carbocycles. The Balaban J connectivity index is 1.62. The molecule has 0 spiro atoms. The summed E-state index contributed by atoms with van der Waals surface area (Å²) in [5.74, 6) is 1.57. The molecule has 0 saturated heterocycles. The monoisotopic (exact) mass is 235 g/mol. The second-order valence-electron chi connectivity index (χ2n) is 4.61. The molecule has 0 radical (unpaired) electrons. The third kappa shape index (κ3) is 2.23. The van der Waals surface area contributed by atoms with Crippen molar-refractivity contribution < 1.29 is 14.2 Å². The van der Waals surface area contributed by atoms with Crippen molar-refractivity contribution in [3.8, 4) is 11.5 Å². The fraction of sp³-hybridized carbons (Fsp3) is 0.538. The van der Waals surface area contributed by atoms with Crippen molar-refractivity contribution in [3.63, 3.8) is 0 Å². The molecular formula is C13H17NO3. The maximum absolute atomic E-state index is 6.09. The van der Waals surface area contributed by atoms with Crippen molar-refractivity contribution in [3.05, 3.63) is 23.8 Å². The van der Waals surface area contributed by atoms with Crippen LogP contribution in [0.15, 0.2) is 18.2 Å². The molecule has 1 fully saturated rings. The first-order valence-corrected chi connectivity index (χ1v) is 6.09. The summed E-state index contributed by atoms with van der Waals surface area (Å²) in [4.78, 5) is 0. The molecule has 92 valence electrons. The summed E-state index contributed by atoms with van der Waals surface area (Å²) in [6.45, 7) is 0.872. The predicted octanol–water partition coefficient (Wildman–Crippen LogP) is 1.98. The lowest BCUT2D eigenvalue weighted by Crippen LogP contribution is -2.26. The van der Waals surface area contributed by atoms with E-state index in [0.717, 1.165) is 17.1 Å². The van der Waals surface area contributed by atoms with Crippen LogP contribution >= 0.6 is 0 Å². The highest BCUT2D eigenvalue weighted by Gasteiger charge is 2.20. The van der Waals surface area contributed by atoms with Gasteiger partial charge in [0.1, 0.15) is 0 Å². The van der Waals surface area contributed by atoms with Gasteiger partial charge in [-0.15, -0.1) is 0 Å². The summed E-state index contributed by atoms with van der Waals surface area (Å²) in [6, 6.07) is 5.73. The summed E-state index contributed by atoms with van der Waals surface area (Å²) in [7, 11) is 0. The fourth-order valence-corrected chi connectivity index (χ4v) is 2.02. The second kappa shape index (κ2) is 4.55. The Labute approximate surface area is 101 Å². The first kappa shape index (κ1) is 10.9. The zero-order chi connectivity index (χ0) is 11.7. The van der Waals surface area contributed by atoms with Crippen LogP contribution in [0.1, 0.15) is 30.9 Å². The van der Waals surface area contributed by atoms with Crippen LogP contribution in [0.5, 0.6) is 11.5 Å². The highest BCUT2D eigenvalue weighted by atomic mass is 16.7. The first-order chi connectivity index (χ1) is 8.33. The zero-order valence-corrected chi connectivity index (χ0v) is 9.72. The Morgan fingerprint density at radius 2 is 2.12 bits per heavy atom. The van der Waals surface area contributed by atoms with E-state index in [-0.39, 0.29) is 6.04 Å². The van der Waals surface area contributed by atoms with Crippen molar-refractivity contribution in [2.45, 2.75) is 31.4 Å². The van der Waals surface area contributed by atoms with E-state index in [0.29, 0.717) is 19.5 Å². The van der Waals surface area contributed by atoms with Gasteiger partial charge in [-0.2, -0.15) is 0 Å². The minimum atomic E-state index is -0.0925. The smallest absolute Gasteiger partial charge is 0.231 e. The summed E-state index contributed by atoms with van der Waals surface area (Å²) in [5.41, 5.74) is 7.13. The molecule has 1 aliphatic heterocycles. The van der Waals surface area contributed by atoms with Crippen LogP contribution in [-0.4, -0.2) is 19.5 Å². The summed E-state index contributed by atoms with van der Waals surface area (Å²) in [6.07, 6.45) is 4.06. The van der Waals surface area contributed by atoms with E-state index in [9.17, 15) is 0 Å². The maximum Gasteiger partial charge on any atom is 0.231 e. The molecule has 0 bridgehead atoms. The first-order valence-electron chi connectivity index (χ1n) is 6.09. The van der Waals surface area contributed by atoms with Gasteiger partial charge in [0.2, 0.25) is 6.79 Å². The molecule has 1 heterocycles. The number of benzene rings is 1. The van der Waals surface area contributed by atoms with Crippen LogP contribution in [0, 0.1) is 0 Å². The van der Waals surface area contributed by atoms with Crippen LogP contribution < -0.4 is 15.2 Å². The third-order valence-electron chi connectivity index (χ3n) is 3.39. The third-order valence-corrected chi connectivity index (χ3v) is 3.39. The van der Waals surface area contributed by atoms with Crippen molar-refractivity contribution in [2.24, 2.45) is 5.73 Å². The number of hydrogen-bond acceptors (Lipinski definition) is 4. The van der Waals surface area contributed by atoms with Crippen molar-refractivity contribution in [2.75, 3.05) is 13.4 Å². The van der Waals surface area contributed by atoms with Gasteiger partial charge < -0.3 is 19.9 Å². The maximum atomic E-state index is 6.09. The Kier molecular flexibility index (Phi) is 2.91. The molecule has 3 rings (SSSR count). The average Bonchev–Trinajstić information content (AvgIpc) is 2.73. The lowest BCUT2D eigenvalue weighted by Gasteiger charge is -2.27. The van der Waals surface area contributed by atoms with E-state index >= 15 is 0 Å². The van der Waals surface area contributed by atoms with E-state index in [4.69, 9.17) is 19.9 Å². The van der Waals surface area contributed by atoms with Gasteiger partial charge >= 0.3 is 0 Å². The van der Waals surface area contributed by atoms with E-state index in [1.54, 1.807) is 0 Å². The Morgan fingerprint density at radius 1 is 1.29 bits per heavy atom. The number of rotatable bonds is 4. The van der Waals surface area contributed by atoms with Crippen LogP contribution in [0.25, 0.3) is 0 Å². The second-order valence-corrected chi connectivity index (χ2v) is 4.61. The Morgan fingerprint density at radius 3 is 2.88 bits per heavy atom. The van der Waals surface area contributed by atoms with Crippen molar-refractivity contribution in [1.82, 2.24) is 0 Å². The molecule has 2 aliphatic rings. The number of hydrogen-bond donors (Lipinski definition) is 1. The van der Waals surface area contributed by atoms with Gasteiger partial charge in [-0.1, -0.05) is 6.07 Å². The normalized spacial score (nSPS) is 20.1. The molecule has 1 aromatic rings. The summed E-state index contributed by atoms with van der Waals surface area (Å²) < 4.78 is 16.3. The molecule has 0 amide bonds. The van der Waals surface area contributed by atoms with Gasteiger partial charge in [0, 0.05) is 0 Å². The molecule has 1 aliphatic carbocycles. The summed E-state index contributed by atoms with van der Waals surface area (Å²) in [5, 5.41) is 0. The number of nitrogens with two attached hydrogens (primary N) is 1. The molecule has 4 heteroatoms. The standard InChI is InChI=1S/C13H17NO3/c14-11(7-15-10-2-1-3-10)9-4-5-12-13(6-9)17-8-16-12/h4-6,10-11H,1-3,7-8,14H2. The molecule has 2 N–H and O–H groups in total. The molecule has 1 atom stereocenters. The van der Waals surface area contributed by atoms with Crippen LogP contribution in [0.4, 0.5) is 0 Å². The van der Waals surface area contributed by atoms with Crippen LogP contribution in [-0.2, 0) is 4.74 Å². The molecule has 1 unspecified atom stereocenters. The Bertz CT molecular complexity index is 404. The summed E-state index contributed by atoms with van der Waals surface area (Å²) >= 11 is 0. The van der Waals surface area contributed by atoms with Gasteiger partial charge in [-0.3, -0.25) is 0 Å².